The van der Waals surface area contributed by atoms with Crippen molar-refractivity contribution in [1.82, 2.24) is 4.90 Å². The monoisotopic (exact) mass is 348 g/mol. The molecule has 130 valence electrons. The van der Waals surface area contributed by atoms with Crippen LogP contribution in [0.5, 0.6) is 0 Å². The normalized spacial score (nSPS) is 19.4. The number of nitrogens with two attached hydrogens (primary N) is 1. The summed E-state index contributed by atoms with van der Waals surface area (Å²) in [7, 11) is 0. The molecule has 1 rings (SSSR count). The van der Waals surface area contributed by atoms with Crippen LogP contribution in [-0.2, 0) is 9.47 Å². The van der Waals surface area contributed by atoms with Crippen molar-refractivity contribution in [3.63, 3.8) is 0 Å². The van der Waals surface area contributed by atoms with Crippen LogP contribution in [0.4, 0.5) is 0 Å². The third kappa shape index (κ3) is 9.41. The summed E-state index contributed by atoms with van der Waals surface area (Å²) in [5.41, 5.74) is 5.33. The van der Waals surface area contributed by atoms with Crippen molar-refractivity contribution in [2.24, 2.45) is 11.1 Å². The second kappa shape index (κ2) is 11.0. The van der Waals surface area contributed by atoms with Gasteiger partial charge in [0.05, 0.1) is 6.61 Å². The summed E-state index contributed by atoms with van der Waals surface area (Å²) in [6, 6.07) is 0. The van der Waals surface area contributed by atoms with E-state index >= 15 is 0 Å². The Balaban J connectivity index is 0.000000626. The Morgan fingerprint density at radius 2 is 1.82 bits per heavy atom. The molecule has 0 bridgehead atoms. The molecule has 2 N–H and O–H groups in total. The first-order valence-corrected chi connectivity index (χ1v) is 8.95. The zero-order chi connectivity index (χ0) is 17.2. The van der Waals surface area contributed by atoms with Crippen molar-refractivity contribution in [3.8, 4) is 0 Å². The first-order chi connectivity index (χ1) is 10.3. The molecule has 0 heterocycles. The van der Waals surface area contributed by atoms with E-state index in [1.807, 2.05) is 6.92 Å². The van der Waals surface area contributed by atoms with Gasteiger partial charge in [0.25, 0.3) is 10.3 Å². The average molecular weight is 349 g/mol. The second-order valence-electron chi connectivity index (χ2n) is 6.19. The minimum absolute atomic E-state index is 0.123. The Bertz CT molecular complexity index is 345. The molecule has 4 nitrogen and oxygen atoms in total. The topological polar surface area (TPSA) is 47.7 Å². The fourth-order valence-electron chi connectivity index (χ4n) is 2.57. The molecule has 1 unspecified atom stereocenters. The standard InChI is InChI=1S/C13H25NOS.C3H7NOS/c1-5-14(6-2)12(16)15-11-8-7-9-13(3,4)10-11;1-2-5-3(4)6/h11H,5-10H2,1-4H3;2H2,1H3,(H2,4,6). The van der Waals surface area contributed by atoms with E-state index in [-0.39, 0.29) is 5.17 Å². The van der Waals surface area contributed by atoms with E-state index in [0.717, 1.165) is 25.9 Å². The molecule has 1 aliphatic rings. The number of ether oxygens (including phenoxy) is 2. The minimum Gasteiger partial charge on any atom is -0.472 e. The van der Waals surface area contributed by atoms with Gasteiger partial charge in [0.15, 0.2) is 0 Å². The van der Waals surface area contributed by atoms with Crippen LogP contribution >= 0.6 is 24.4 Å². The molecule has 0 saturated heterocycles. The van der Waals surface area contributed by atoms with E-state index in [2.05, 4.69) is 49.5 Å². The molecule has 0 amide bonds. The van der Waals surface area contributed by atoms with Gasteiger partial charge in [-0.25, -0.2) is 0 Å². The van der Waals surface area contributed by atoms with Gasteiger partial charge in [0.2, 0.25) is 0 Å². The van der Waals surface area contributed by atoms with Gasteiger partial charge in [-0.3, -0.25) is 0 Å². The molecule has 0 aromatic rings. The van der Waals surface area contributed by atoms with Gasteiger partial charge in [0.1, 0.15) is 6.10 Å². The van der Waals surface area contributed by atoms with Gasteiger partial charge in [0, 0.05) is 13.1 Å². The molecule has 22 heavy (non-hydrogen) atoms. The lowest BCUT2D eigenvalue weighted by Gasteiger charge is -2.36. The molecule has 0 aromatic carbocycles. The maximum atomic E-state index is 5.93. The highest BCUT2D eigenvalue weighted by Gasteiger charge is 2.29. The summed E-state index contributed by atoms with van der Waals surface area (Å²) < 4.78 is 10.5. The van der Waals surface area contributed by atoms with Crippen LogP contribution in [0.3, 0.4) is 0 Å². The smallest absolute Gasteiger partial charge is 0.259 e. The van der Waals surface area contributed by atoms with E-state index in [1.165, 1.54) is 12.8 Å². The lowest BCUT2D eigenvalue weighted by Crippen LogP contribution is -2.36. The molecule has 0 radical (unpaired) electrons. The van der Waals surface area contributed by atoms with Crippen molar-refractivity contribution in [3.05, 3.63) is 0 Å². The molecule has 0 spiro atoms. The van der Waals surface area contributed by atoms with Crippen LogP contribution in [-0.4, -0.2) is 41.0 Å². The van der Waals surface area contributed by atoms with Crippen LogP contribution in [0.1, 0.15) is 60.3 Å². The van der Waals surface area contributed by atoms with Crippen molar-refractivity contribution in [2.75, 3.05) is 19.7 Å². The van der Waals surface area contributed by atoms with E-state index in [4.69, 9.17) is 22.7 Å². The fourth-order valence-corrected chi connectivity index (χ4v) is 3.08. The van der Waals surface area contributed by atoms with E-state index in [9.17, 15) is 0 Å². The van der Waals surface area contributed by atoms with Crippen LogP contribution in [0.15, 0.2) is 0 Å². The van der Waals surface area contributed by atoms with Gasteiger partial charge in [-0.2, -0.15) is 0 Å². The number of thiocarbonyl (C=S) groups is 2. The Morgan fingerprint density at radius 1 is 1.23 bits per heavy atom. The number of hydrogen-bond donors (Lipinski definition) is 1. The first kappa shape index (κ1) is 21.4. The highest BCUT2D eigenvalue weighted by atomic mass is 32.1. The van der Waals surface area contributed by atoms with Crippen LogP contribution < -0.4 is 5.73 Å². The van der Waals surface area contributed by atoms with Crippen molar-refractivity contribution in [1.29, 1.82) is 0 Å². The second-order valence-corrected chi connectivity index (χ2v) is 6.94. The Labute approximate surface area is 146 Å². The van der Waals surface area contributed by atoms with Crippen LogP contribution in [0, 0.1) is 5.41 Å². The van der Waals surface area contributed by atoms with Crippen molar-refractivity contribution in [2.45, 2.75) is 66.4 Å². The molecule has 1 fully saturated rings. The predicted octanol–water partition coefficient (Wildman–Crippen LogP) is 3.87. The molecule has 1 saturated carbocycles. The van der Waals surface area contributed by atoms with Gasteiger partial charge >= 0.3 is 0 Å². The maximum Gasteiger partial charge on any atom is 0.259 e. The SMILES string of the molecule is CCN(CC)C(=S)OC1CCCC(C)(C)C1.CCOC(N)=S. The predicted molar refractivity (Wildman–Crippen MR) is 101 cm³/mol. The van der Waals surface area contributed by atoms with Crippen molar-refractivity contribution >= 4 is 34.8 Å². The third-order valence-corrected chi connectivity index (χ3v) is 4.21. The molecular formula is C16H32N2O2S2. The van der Waals surface area contributed by atoms with Gasteiger partial charge in [-0.15, -0.1) is 0 Å². The zero-order valence-corrected chi connectivity index (χ0v) is 16.3. The lowest BCUT2D eigenvalue weighted by atomic mass is 9.76. The summed E-state index contributed by atoms with van der Waals surface area (Å²) in [6.07, 6.45) is 5.19. The molecule has 1 aliphatic carbocycles. The summed E-state index contributed by atoms with van der Waals surface area (Å²) in [6.45, 7) is 13.1. The van der Waals surface area contributed by atoms with E-state index in [1.54, 1.807) is 0 Å². The highest BCUT2D eigenvalue weighted by molar-refractivity contribution is 7.80. The molecular weight excluding hydrogens is 316 g/mol. The minimum atomic E-state index is 0.123. The Hall–Kier alpha value is -0.620. The largest absolute Gasteiger partial charge is 0.472 e. The Kier molecular flexibility index (Phi) is 10.7. The first-order valence-electron chi connectivity index (χ1n) is 8.13. The molecule has 1 atom stereocenters. The summed E-state index contributed by atoms with van der Waals surface area (Å²) in [5, 5.41) is 0.810. The number of nitrogens with zero attached hydrogens (tertiary/aromatic N) is 1. The molecule has 0 aliphatic heterocycles. The maximum absolute atomic E-state index is 5.93. The van der Waals surface area contributed by atoms with Gasteiger partial charge < -0.3 is 20.1 Å². The Morgan fingerprint density at radius 3 is 2.18 bits per heavy atom. The van der Waals surface area contributed by atoms with Crippen LogP contribution in [0.25, 0.3) is 0 Å². The van der Waals surface area contributed by atoms with Gasteiger partial charge in [-0.1, -0.05) is 13.8 Å². The summed E-state index contributed by atoms with van der Waals surface area (Å²) in [4.78, 5) is 2.11. The third-order valence-electron chi connectivity index (χ3n) is 3.74. The van der Waals surface area contributed by atoms with E-state index in [0.29, 0.717) is 23.3 Å². The summed E-state index contributed by atoms with van der Waals surface area (Å²) >= 11 is 9.68. The van der Waals surface area contributed by atoms with Crippen molar-refractivity contribution < 1.29 is 9.47 Å². The molecule has 6 heteroatoms. The fraction of sp³-hybridized carbons (Fsp3) is 0.875. The lowest BCUT2D eigenvalue weighted by molar-refractivity contribution is 0.0648. The van der Waals surface area contributed by atoms with E-state index < -0.39 is 0 Å². The quantitative estimate of drug-likeness (QED) is 0.778. The number of hydrogen-bond acceptors (Lipinski definition) is 4. The summed E-state index contributed by atoms with van der Waals surface area (Å²) in [5.74, 6) is 0. The van der Waals surface area contributed by atoms with Crippen LogP contribution in [0.2, 0.25) is 0 Å². The molecule has 0 aromatic heterocycles. The zero-order valence-electron chi connectivity index (χ0n) is 14.7. The average Bonchev–Trinajstić information content (AvgIpc) is 2.39. The number of rotatable bonds is 4. The van der Waals surface area contributed by atoms with Gasteiger partial charge in [-0.05, 0) is 76.3 Å². The highest BCUT2D eigenvalue weighted by Crippen LogP contribution is 2.36.